The summed E-state index contributed by atoms with van der Waals surface area (Å²) in [6.45, 7) is 0.460. The van der Waals surface area contributed by atoms with Crippen molar-refractivity contribution < 1.29 is 9.53 Å². The maximum Gasteiger partial charge on any atom is 0.244 e. The van der Waals surface area contributed by atoms with Crippen LogP contribution >= 0.6 is 0 Å². The molecule has 1 amide bonds. The number of ether oxygens (including phenoxy) is 1. The topological polar surface area (TPSA) is 72.3 Å². The van der Waals surface area contributed by atoms with Gasteiger partial charge in [-0.15, -0.1) is 0 Å². The van der Waals surface area contributed by atoms with Crippen molar-refractivity contribution in [2.45, 2.75) is 6.04 Å². The maximum absolute atomic E-state index is 12.7. The summed E-state index contributed by atoms with van der Waals surface area (Å²) in [4.78, 5) is 19.0. The number of nitrogens with zero attached hydrogens (tertiary/aromatic N) is 4. The van der Waals surface area contributed by atoms with Crippen molar-refractivity contribution in [3.05, 3.63) is 103 Å². The zero-order valence-corrected chi connectivity index (χ0v) is 20.1. The lowest BCUT2D eigenvalue weighted by Crippen LogP contribution is -2.33. The van der Waals surface area contributed by atoms with Gasteiger partial charge in [0.2, 0.25) is 5.91 Å². The Kier molecular flexibility index (Phi) is 7.70. The minimum absolute atomic E-state index is 0.00855. The molecule has 178 valence electrons. The van der Waals surface area contributed by atoms with Crippen LogP contribution in [0.2, 0.25) is 0 Å². The first-order valence-electron chi connectivity index (χ1n) is 11.4. The summed E-state index contributed by atoms with van der Waals surface area (Å²) in [5, 5.41) is 7.78. The molecule has 2 heterocycles. The van der Waals surface area contributed by atoms with Crippen LogP contribution < -0.4 is 10.1 Å². The van der Waals surface area contributed by atoms with Gasteiger partial charge in [0.1, 0.15) is 11.4 Å². The number of methoxy groups -OCH3 is 1. The van der Waals surface area contributed by atoms with Crippen molar-refractivity contribution in [1.29, 1.82) is 0 Å². The number of carbonyl (C=O) groups is 1. The van der Waals surface area contributed by atoms with Crippen molar-refractivity contribution in [3.8, 4) is 22.7 Å². The number of pyridine rings is 1. The highest BCUT2D eigenvalue weighted by atomic mass is 16.5. The van der Waals surface area contributed by atoms with Gasteiger partial charge >= 0.3 is 0 Å². The monoisotopic (exact) mass is 467 g/mol. The Balaban J connectivity index is 1.52. The lowest BCUT2D eigenvalue weighted by atomic mass is 10.1. The van der Waals surface area contributed by atoms with Crippen molar-refractivity contribution >= 4 is 12.0 Å². The average Bonchev–Trinajstić information content (AvgIpc) is 3.33. The molecule has 1 N–H and O–H groups in total. The van der Waals surface area contributed by atoms with Crippen LogP contribution in [-0.4, -0.2) is 53.3 Å². The Morgan fingerprint density at radius 3 is 2.66 bits per heavy atom. The van der Waals surface area contributed by atoms with E-state index in [1.54, 1.807) is 31.7 Å². The van der Waals surface area contributed by atoms with Crippen LogP contribution in [0.5, 0.6) is 5.75 Å². The number of hydrogen-bond acceptors (Lipinski definition) is 5. The molecule has 2 aromatic carbocycles. The molecule has 1 atom stereocenters. The van der Waals surface area contributed by atoms with Crippen LogP contribution in [0, 0.1) is 0 Å². The first-order chi connectivity index (χ1) is 17.0. The van der Waals surface area contributed by atoms with E-state index in [1.165, 1.54) is 0 Å². The highest BCUT2D eigenvalue weighted by Gasteiger charge is 2.16. The predicted molar refractivity (Wildman–Crippen MR) is 138 cm³/mol. The Morgan fingerprint density at radius 2 is 1.94 bits per heavy atom. The molecule has 0 spiro atoms. The number of para-hydroxylation sites is 1. The van der Waals surface area contributed by atoms with Gasteiger partial charge in [0.05, 0.1) is 18.8 Å². The molecular weight excluding hydrogens is 438 g/mol. The van der Waals surface area contributed by atoms with Gasteiger partial charge in [-0.05, 0) is 62.1 Å². The quantitative estimate of drug-likeness (QED) is 0.370. The molecular formula is C28H29N5O2. The van der Waals surface area contributed by atoms with Gasteiger partial charge in [-0.1, -0.05) is 30.3 Å². The van der Waals surface area contributed by atoms with Gasteiger partial charge in [0.25, 0.3) is 0 Å². The third-order valence-electron chi connectivity index (χ3n) is 5.68. The van der Waals surface area contributed by atoms with Crippen LogP contribution in [0.3, 0.4) is 0 Å². The van der Waals surface area contributed by atoms with E-state index in [2.05, 4.69) is 15.2 Å². The second-order valence-electron chi connectivity index (χ2n) is 8.29. The van der Waals surface area contributed by atoms with Crippen molar-refractivity contribution in [3.63, 3.8) is 0 Å². The van der Waals surface area contributed by atoms with Gasteiger partial charge in [0.15, 0.2) is 0 Å². The van der Waals surface area contributed by atoms with E-state index < -0.39 is 0 Å². The SMILES string of the molecule is COc1cccc(C(CNC(=O)/C=C/c2cn(-c3ccccc3)nc2-c2cccnc2)N(C)C)c1. The van der Waals surface area contributed by atoms with Crippen LogP contribution in [0.15, 0.2) is 91.4 Å². The Hall–Kier alpha value is -4.23. The third kappa shape index (κ3) is 6.02. The molecule has 4 rings (SSSR count). The highest BCUT2D eigenvalue weighted by Crippen LogP contribution is 2.25. The average molecular weight is 468 g/mol. The molecule has 4 aromatic rings. The lowest BCUT2D eigenvalue weighted by Gasteiger charge is -2.25. The molecule has 0 aliphatic heterocycles. The molecule has 7 heteroatoms. The zero-order chi connectivity index (χ0) is 24.6. The summed E-state index contributed by atoms with van der Waals surface area (Å²) in [6.07, 6.45) is 8.75. The van der Waals surface area contributed by atoms with Gasteiger partial charge < -0.3 is 15.0 Å². The number of hydrogen-bond donors (Lipinski definition) is 1. The molecule has 0 radical (unpaired) electrons. The van der Waals surface area contributed by atoms with Crippen molar-refractivity contribution in [2.24, 2.45) is 0 Å². The fourth-order valence-corrected chi connectivity index (χ4v) is 3.82. The van der Waals surface area contributed by atoms with Gasteiger partial charge in [-0.2, -0.15) is 5.10 Å². The number of aromatic nitrogens is 3. The van der Waals surface area contributed by atoms with Crippen molar-refractivity contribution in [1.82, 2.24) is 25.0 Å². The molecule has 35 heavy (non-hydrogen) atoms. The Bertz CT molecular complexity index is 1280. The number of amides is 1. The summed E-state index contributed by atoms with van der Waals surface area (Å²) < 4.78 is 7.16. The van der Waals surface area contributed by atoms with Crippen LogP contribution in [0.25, 0.3) is 23.0 Å². The Labute approximate surface area is 205 Å². The fraction of sp³-hybridized carbons (Fsp3) is 0.179. The molecule has 0 aliphatic carbocycles. The summed E-state index contributed by atoms with van der Waals surface area (Å²) in [7, 11) is 5.63. The van der Waals surface area contributed by atoms with E-state index in [0.717, 1.165) is 33.8 Å². The van der Waals surface area contributed by atoms with Crippen molar-refractivity contribution in [2.75, 3.05) is 27.7 Å². The van der Waals surface area contributed by atoms with Gasteiger partial charge in [0, 0.05) is 42.3 Å². The van der Waals surface area contributed by atoms with E-state index >= 15 is 0 Å². The largest absolute Gasteiger partial charge is 0.497 e. The van der Waals surface area contributed by atoms with E-state index in [1.807, 2.05) is 91.7 Å². The van der Waals surface area contributed by atoms with E-state index in [0.29, 0.717) is 6.54 Å². The summed E-state index contributed by atoms with van der Waals surface area (Å²) in [5.74, 6) is 0.614. The number of likely N-dealkylation sites (N-methyl/N-ethyl adjacent to an activating group) is 1. The number of rotatable bonds is 9. The first-order valence-corrected chi connectivity index (χ1v) is 11.4. The minimum Gasteiger partial charge on any atom is -0.497 e. The summed E-state index contributed by atoms with van der Waals surface area (Å²) in [6, 6.07) is 21.6. The summed E-state index contributed by atoms with van der Waals surface area (Å²) in [5.41, 5.74) is 4.48. The van der Waals surface area contributed by atoms with Crippen LogP contribution in [-0.2, 0) is 4.79 Å². The molecule has 0 saturated carbocycles. The standard InChI is InChI=1S/C28H29N5O2/c1-32(2)26(21-9-7-13-25(17-21)35-3)19-30-27(34)15-14-23-20-33(24-11-5-4-6-12-24)31-28(23)22-10-8-16-29-18-22/h4-18,20,26H,19H2,1-3H3,(H,30,34)/b15-14+. The zero-order valence-electron chi connectivity index (χ0n) is 20.1. The lowest BCUT2D eigenvalue weighted by molar-refractivity contribution is -0.116. The normalized spacial score (nSPS) is 12.1. The van der Waals surface area contributed by atoms with E-state index in [-0.39, 0.29) is 11.9 Å². The smallest absolute Gasteiger partial charge is 0.244 e. The molecule has 2 aromatic heterocycles. The third-order valence-corrected chi connectivity index (χ3v) is 5.68. The van der Waals surface area contributed by atoms with E-state index in [9.17, 15) is 4.79 Å². The van der Waals surface area contributed by atoms with Crippen LogP contribution in [0.1, 0.15) is 17.2 Å². The first kappa shape index (κ1) is 23.9. The van der Waals surface area contributed by atoms with Gasteiger partial charge in [-0.3, -0.25) is 9.78 Å². The van der Waals surface area contributed by atoms with Crippen LogP contribution in [0.4, 0.5) is 0 Å². The number of nitrogens with one attached hydrogen (secondary N) is 1. The number of carbonyl (C=O) groups excluding carboxylic acids is 1. The second-order valence-corrected chi connectivity index (χ2v) is 8.29. The highest BCUT2D eigenvalue weighted by molar-refractivity contribution is 5.92. The molecule has 0 aliphatic rings. The minimum atomic E-state index is -0.177. The molecule has 1 unspecified atom stereocenters. The summed E-state index contributed by atoms with van der Waals surface area (Å²) >= 11 is 0. The Morgan fingerprint density at radius 1 is 1.11 bits per heavy atom. The molecule has 7 nitrogen and oxygen atoms in total. The predicted octanol–water partition coefficient (Wildman–Crippen LogP) is 4.38. The van der Waals surface area contributed by atoms with Gasteiger partial charge in [-0.25, -0.2) is 4.68 Å². The fourth-order valence-electron chi connectivity index (χ4n) is 3.82. The molecule has 0 saturated heterocycles. The molecule has 0 bridgehead atoms. The number of benzene rings is 2. The van der Waals surface area contributed by atoms with E-state index in [4.69, 9.17) is 9.84 Å². The molecule has 0 fully saturated rings. The second kappa shape index (κ2) is 11.3. The maximum atomic E-state index is 12.7.